The molecule has 0 heterocycles. The number of nitrogens with two attached hydrogens (primary N) is 1. The molecule has 3 amide bonds. The largest absolute Gasteiger partial charge is 0.478 e. The van der Waals surface area contributed by atoms with E-state index in [1.165, 1.54) is 23.9 Å². The van der Waals surface area contributed by atoms with Gasteiger partial charge in [0.1, 0.15) is 0 Å². The Morgan fingerprint density at radius 3 is 2.33 bits per heavy atom. The molecule has 0 bridgehead atoms. The maximum absolute atomic E-state index is 11.1. The fourth-order valence-electron chi connectivity index (χ4n) is 1.16. The van der Waals surface area contributed by atoms with Crippen molar-refractivity contribution in [2.75, 3.05) is 5.75 Å². The Balaban J connectivity index is 2.38. The van der Waals surface area contributed by atoms with Gasteiger partial charge in [0.25, 0.3) is 0 Å². The van der Waals surface area contributed by atoms with Crippen molar-refractivity contribution in [2.24, 2.45) is 5.73 Å². The predicted molar refractivity (Wildman–Crippen MR) is 66.5 cm³/mol. The molecule has 7 heteroatoms. The molecule has 1 rings (SSSR count). The minimum absolute atomic E-state index is 0.161. The molecule has 0 fully saturated rings. The topological polar surface area (TPSA) is 109 Å². The molecule has 0 radical (unpaired) electrons. The lowest BCUT2D eigenvalue weighted by atomic mass is 10.2. The summed E-state index contributed by atoms with van der Waals surface area (Å²) in [5.41, 5.74) is 5.00. The third-order valence-electron chi connectivity index (χ3n) is 1.96. The lowest BCUT2D eigenvalue weighted by Crippen LogP contribution is -2.35. The number of rotatable bonds is 5. The van der Waals surface area contributed by atoms with Crippen LogP contribution in [0.3, 0.4) is 0 Å². The van der Waals surface area contributed by atoms with E-state index >= 15 is 0 Å². The van der Waals surface area contributed by atoms with Crippen LogP contribution in [0.15, 0.2) is 29.2 Å². The lowest BCUT2D eigenvalue weighted by Gasteiger charge is -2.02. The Morgan fingerprint density at radius 2 is 1.83 bits per heavy atom. The van der Waals surface area contributed by atoms with Gasteiger partial charge in [0.05, 0.1) is 5.56 Å². The summed E-state index contributed by atoms with van der Waals surface area (Å²) in [5, 5.41) is 10.7. The number of hydrogen-bond donors (Lipinski definition) is 3. The highest BCUT2D eigenvalue weighted by Crippen LogP contribution is 2.19. The predicted octanol–water partition coefficient (Wildman–Crippen LogP) is 1.06. The normalized spacial score (nSPS) is 9.78. The van der Waals surface area contributed by atoms with Gasteiger partial charge >= 0.3 is 12.0 Å². The third kappa shape index (κ3) is 4.88. The van der Waals surface area contributed by atoms with E-state index in [4.69, 9.17) is 10.8 Å². The first-order valence-corrected chi connectivity index (χ1v) is 6.03. The van der Waals surface area contributed by atoms with Crippen LogP contribution >= 0.6 is 11.8 Å². The van der Waals surface area contributed by atoms with Crippen LogP contribution in [0.2, 0.25) is 0 Å². The van der Waals surface area contributed by atoms with Crippen molar-refractivity contribution in [3.63, 3.8) is 0 Å². The van der Waals surface area contributed by atoms with Crippen LogP contribution in [0.25, 0.3) is 0 Å². The molecule has 1 aromatic rings. The van der Waals surface area contributed by atoms with Crippen LogP contribution in [0.1, 0.15) is 16.8 Å². The van der Waals surface area contributed by atoms with E-state index in [0.717, 1.165) is 4.90 Å². The van der Waals surface area contributed by atoms with Crippen LogP contribution in [0.5, 0.6) is 0 Å². The molecule has 0 saturated carbocycles. The Morgan fingerprint density at radius 1 is 1.22 bits per heavy atom. The van der Waals surface area contributed by atoms with Gasteiger partial charge in [-0.2, -0.15) is 0 Å². The number of primary amides is 1. The van der Waals surface area contributed by atoms with Gasteiger partial charge in [-0.05, 0) is 24.3 Å². The molecule has 96 valence electrons. The zero-order valence-electron chi connectivity index (χ0n) is 9.38. The van der Waals surface area contributed by atoms with Crippen LogP contribution in [-0.4, -0.2) is 28.8 Å². The molecule has 4 N–H and O–H groups in total. The van der Waals surface area contributed by atoms with Crippen LogP contribution in [-0.2, 0) is 4.79 Å². The van der Waals surface area contributed by atoms with E-state index in [1.54, 1.807) is 12.1 Å². The summed E-state index contributed by atoms with van der Waals surface area (Å²) >= 11 is 1.39. The van der Waals surface area contributed by atoms with E-state index < -0.39 is 17.9 Å². The number of benzene rings is 1. The molecule has 18 heavy (non-hydrogen) atoms. The molecular formula is C11H12N2O4S. The fourth-order valence-corrected chi connectivity index (χ4v) is 2.01. The highest BCUT2D eigenvalue weighted by molar-refractivity contribution is 7.99. The highest BCUT2D eigenvalue weighted by atomic mass is 32.2. The van der Waals surface area contributed by atoms with E-state index in [2.05, 4.69) is 0 Å². The van der Waals surface area contributed by atoms with Crippen LogP contribution in [0.4, 0.5) is 4.79 Å². The molecule has 6 nitrogen and oxygen atoms in total. The lowest BCUT2D eigenvalue weighted by molar-refractivity contribution is -0.119. The minimum Gasteiger partial charge on any atom is -0.478 e. The first kappa shape index (κ1) is 14.0. The van der Waals surface area contributed by atoms with Crippen molar-refractivity contribution < 1.29 is 19.5 Å². The van der Waals surface area contributed by atoms with Crippen molar-refractivity contribution in [1.82, 2.24) is 5.32 Å². The Bertz CT molecular complexity index is 459. The van der Waals surface area contributed by atoms with E-state index in [-0.39, 0.29) is 12.0 Å². The second-order valence-corrected chi connectivity index (χ2v) is 4.51. The van der Waals surface area contributed by atoms with Crippen LogP contribution < -0.4 is 11.1 Å². The first-order chi connectivity index (χ1) is 8.49. The second-order valence-electron chi connectivity index (χ2n) is 3.34. The van der Waals surface area contributed by atoms with Gasteiger partial charge < -0.3 is 10.8 Å². The monoisotopic (exact) mass is 268 g/mol. The molecule has 0 unspecified atom stereocenters. The molecule has 0 aliphatic heterocycles. The number of imide groups is 1. The van der Waals surface area contributed by atoms with Crippen molar-refractivity contribution in [2.45, 2.75) is 11.3 Å². The number of aromatic carboxylic acids is 1. The van der Waals surface area contributed by atoms with Crippen molar-refractivity contribution in [1.29, 1.82) is 0 Å². The number of carboxylic acid groups (broad SMARTS) is 1. The second kappa shape index (κ2) is 6.65. The van der Waals surface area contributed by atoms with Crippen molar-refractivity contribution >= 4 is 29.7 Å². The van der Waals surface area contributed by atoms with E-state index in [0.29, 0.717) is 5.75 Å². The zero-order valence-corrected chi connectivity index (χ0v) is 10.2. The van der Waals surface area contributed by atoms with Gasteiger partial charge in [0, 0.05) is 17.1 Å². The van der Waals surface area contributed by atoms with E-state index in [9.17, 15) is 14.4 Å². The average molecular weight is 268 g/mol. The maximum atomic E-state index is 11.1. The summed E-state index contributed by atoms with van der Waals surface area (Å²) in [4.78, 5) is 32.9. The number of urea groups is 1. The molecule has 0 saturated heterocycles. The molecule has 0 atom stereocenters. The van der Waals surface area contributed by atoms with E-state index in [1.807, 2.05) is 5.32 Å². The number of hydrogen-bond acceptors (Lipinski definition) is 4. The Hall–Kier alpha value is -2.02. The highest BCUT2D eigenvalue weighted by Gasteiger charge is 2.05. The standard InChI is InChI=1S/C11H12N2O4S/c12-11(17)13-9(14)5-6-18-8-3-1-7(2-4-8)10(15)16/h1-4H,5-6H2,(H,15,16)(H3,12,13,14,17). The quantitative estimate of drug-likeness (QED) is 0.692. The number of carbonyl (C=O) groups excluding carboxylic acids is 2. The number of carboxylic acids is 1. The summed E-state index contributed by atoms with van der Waals surface area (Å²) in [7, 11) is 0. The van der Waals surface area contributed by atoms with Gasteiger partial charge in [-0.25, -0.2) is 9.59 Å². The number of amides is 3. The third-order valence-corrected chi connectivity index (χ3v) is 2.98. The Labute approximate surface area is 108 Å². The van der Waals surface area contributed by atoms with Gasteiger partial charge in [-0.15, -0.1) is 11.8 Å². The number of carbonyl (C=O) groups is 3. The van der Waals surface area contributed by atoms with Gasteiger partial charge in [-0.1, -0.05) is 0 Å². The summed E-state index contributed by atoms with van der Waals surface area (Å²) in [6.07, 6.45) is 0.161. The molecule has 0 aliphatic carbocycles. The fraction of sp³-hybridized carbons (Fsp3) is 0.182. The van der Waals surface area contributed by atoms with Crippen LogP contribution in [0, 0.1) is 0 Å². The average Bonchev–Trinajstić information content (AvgIpc) is 2.28. The zero-order chi connectivity index (χ0) is 13.5. The molecule has 0 spiro atoms. The van der Waals surface area contributed by atoms with Gasteiger partial charge in [-0.3, -0.25) is 10.1 Å². The summed E-state index contributed by atoms with van der Waals surface area (Å²) in [6, 6.07) is 5.46. The first-order valence-electron chi connectivity index (χ1n) is 5.04. The maximum Gasteiger partial charge on any atom is 0.335 e. The summed E-state index contributed by atoms with van der Waals surface area (Å²) in [6.45, 7) is 0. The van der Waals surface area contributed by atoms with Gasteiger partial charge in [0.2, 0.25) is 5.91 Å². The van der Waals surface area contributed by atoms with Gasteiger partial charge in [0.15, 0.2) is 0 Å². The Kier molecular flexibility index (Phi) is 5.19. The summed E-state index contributed by atoms with van der Waals surface area (Å²) < 4.78 is 0. The molecular weight excluding hydrogens is 256 g/mol. The SMILES string of the molecule is NC(=O)NC(=O)CCSc1ccc(C(=O)O)cc1. The smallest absolute Gasteiger partial charge is 0.335 e. The molecule has 0 aliphatic rings. The number of nitrogens with one attached hydrogen (secondary N) is 1. The molecule has 0 aromatic heterocycles. The number of thioether (sulfide) groups is 1. The summed E-state index contributed by atoms with van der Waals surface area (Å²) in [5.74, 6) is -0.935. The minimum atomic E-state index is -0.979. The molecule has 1 aromatic carbocycles. The van der Waals surface area contributed by atoms with Crippen molar-refractivity contribution in [3.05, 3.63) is 29.8 Å². The van der Waals surface area contributed by atoms with Crippen molar-refractivity contribution in [3.8, 4) is 0 Å².